The van der Waals surface area contributed by atoms with E-state index in [4.69, 9.17) is 0 Å². The zero-order valence-corrected chi connectivity index (χ0v) is 16.0. The number of rotatable bonds is 3. The topological polar surface area (TPSA) is 64.0 Å². The van der Waals surface area contributed by atoms with Crippen molar-refractivity contribution in [3.63, 3.8) is 0 Å². The maximum atomic E-state index is 12.6. The molecule has 0 unspecified atom stereocenters. The molecule has 1 aliphatic rings. The molecular formula is C19H25N3O2S. The van der Waals surface area contributed by atoms with Crippen molar-refractivity contribution in [3.05, 3.63) is 47.3 Å². The summed E-state index contributed by atoms with van der Waals surface area (Å²) in [5, 5.41) is 7.70. The molecule has 1 aromatic heterocycles. The summed E-state index contributed by atoms with van der Waals surface area (Å²) in [7, 11) is -1.04. The number of aromatic nitrogens is 2. The van der Waals surface area contributed by atoms with Gasteiger partial charge in [-0.2, -0.15) is 5.10 Å². The predicted molar refractivity (Wildman–Crippen MR) is 99.1 cm³/mol. The summed E-state index contributed by atoms with van der Waals surface area (Å²) in [4.78, 5) is 13.3. The lowest BCUT2D eigenvalue weighted by molar-refractivity contribution is 0.0932. The summed E-state index contributed by atoms with van der Waals surface area (Å²) in [5.74, 6) is -0.102. The average molecular weight is 359 g/mol. The van der Waals surface area contributed by atoms with Crippen molar-refractivity contribution < 1.29 is 9.00 Å². The van der Waals surface area contributed by atoms with Gasteiger partial charge in [-0.1, -0.05) is 0 Å². The fourth-order valence-corrected chi connectivity index (χ4v) is 3.84. The molecule has 1 heterocycles. The molecular weight excluding hydrogens is 334 g/mol. The summed E-state index contributed by atoms with van der Waals surface area (Å²) >= 11 is 0. The highest BCUT2D eigenvalue weighted by Crippen LogP contribution is 2.32. The Labute approximate surface area is 151 Å². The summed E-state index contributed by atoms with van der Waals surface area (Å²) in [6, 6.07) is 6.94. The lowest BCUT2D eigenvalue weighted by atomic mass is 9.92. The number of nitrogens with one attached hydrogen (secondary N) is 1. The molecule has 134 valence electrons. The van der Waals surface area contributed by atoms with Gasteiger partial charge < -0.3 is 5.32 Å². The number of carbonyl (C=O) groups is 1. The molecule has 1 N–H and O–H groups in total. The fourth-order valence-electron chi connectivity index (χ4n) is 3.32. The molecule has 0 saturated carbocycles. The van der Waals surface area contributed by atoms with Crippen LogP contribution in [0.3, 0.4) is 0 Å². The number of hydrogen-bond acceptors (Lipinski definition) is 3. The lowest BCUT2D eigenvalue weighted by Gasteiger charge is -2.28. The minimum absolute atomic E-state index is 0.00710. The maximum Gasteiger partial charge on any atom is 0.251 e. The van der Waals surface area contributed by atoms with Gasteiger partial charge in [0.1, 0.15) is 0 Å². The van der Waals surface area contributed by atoms with Gasteiger partial charge in [-0.25, -0.2) is 0 Å². The van der Waals surface area contributed by atoms with Crippen molar-refractivity contribution in [1.82, 2.24) is 15.1 Å². The van der Waals surface area contributed by atoms with Crippen LogP contribution in [-0.2, 0) is 22.8 Å². The van der Waals surface area contributed by atoms with Crippen LogP contribution >= 0.6 is 0 Å². The van der Waals surface area contributed by atoms with Gasteiger partial charge in [0.15, 0.2) is 0 Å². The molecule has 2 aromatic rings. The highest BCUT2D eigenvalue weighted by atomic mass is 32.2. The van der Waals surface area contributed by atoms with Gasteiger partial charge in [0.25, 0.3) is 5.91 Å². The van der Waals surface area contributed by atoms with Gasteiger partial charge >= 0.3 is 0 Å². The van der Waals surface area contributed by atoms with Crippen molar-refractivity contribution in [3.8, 4) is 0 Å². The summed E-state index contributed by atoms with van der Waals surface area (Å²) < 4.78 is 13.5. The van der Waals surface area contributed by atoms with Gasteiger partial charge in [0.2, 0.25) is 0 Å². The van der Waals surface area contributed by atoms with Gasteiger partial charge in [0.05, 0.1) is 17.8 Å². The first-order valence-corrected chi connectivity index (χ1v) is 10.1. The van der Waals surface area contributed by atoms with E-state index in [1.54, 1.807) is 30.5 Å². The Morgan fingerprint density at radius 1 is 1.28 bits per heavy atom. The molecule has 0 saturated heterocycles. The molecule has 0 aliphatic heterocycles. The molecule has 0 spiro atoms. The molecule has 0 fully saturated rings. The standard InChI is InChI=1S/C19H25N3O2S/c1-19(2,3)22-17-7-5-6-16(15(17)12-20-22)21-18(23)13-8-10-14(11-9-13)25(4)24/h8-12,16H,5-7H2,1-4H3,(H,21,23)/t16-,25+/m0/s1. The van der Waals surface area contributed by atoms with E-state index in [2.05, 4.69) is 35.9 Å². The van der Waals surface area contributed by atoms with E-state index in [-0.39, 0.29) is 17.5 Å². The molecule has 3 rings (SSSR count). The molecule has 0 bridgehead atoms. The van der Waals surface area contributed by atoms with Crippen molar-refractivity contribution >= 4 is 16.7 Å². The molecule has 25 heavy (non-hydrogen) atoms. The van der Waals surface area contributed by atoms with Crippen LogP contribution in [0.2, 0.25) is 0 Å². The van der Waals surface area contributed by atoms with Crippen LogP contribution in [-0.4, -0.2) is 26.2 Å². The third-order valence-corrected chi connectivity index (χ3v) is 5.51. The first-order valence-electron chi connectivity index (χ1n) is 8.59. The van der Waals surface area contributed by atoms with Gasteiger partial charge in [-0.05, 0) is 64.3 Å². The number of nitrogens with zero attached hydrogens (tertiary/aromatic N) is 2. The maximum absolute atomic E-state index is 12.6. The summed E-state index contributed by atoms with van der Waals surface area (Å²) in [6.07, 6.45) is 6.48. The quantitative estimate of drug-likeness (QED) is 0.915. The third-order valence-electron chi connectivity index (χ3n) is 4.57. The second-order valence-corrected chi connectivity index (χ2v) is 8.91. The van der Waals surface area contributed by atoms with E-state index >= 15 is 0 Å². The average Bonchev–Trinajstić information content (AvgIpc) is 3.00. The van der Waals surface area contributed by atoms with Crippen LogP contribution in [0.1, 0.15) is 61.3 Å². The van der Waals surface area contributed by atoms with E-state index in [0.717, 1.165) is 29.7 Å². The summed E-state index contributed by atoms with van der Waals surface area (Å²) in [6.45, 7) is 6.42. The van der Waals surface area contributed by atoms with Gasteiger partial charge in [-0.15, -0.1) is 0 Å². The number of amides is 1. The molecule has 1 amide bonds. The van der Waals surface area contributed by atoms with Crippen molar-refractivity contribution in [2.45, 2.75) is 56.5 Å². The Kier molecular flexibility index (Phi) is 4.82. The zero-order chi connectivity index (χ0) is 18.2. The Morgan fingerprint density at radius 2 is 1.96 bits per heavy atom. The van der Waals surface area contributed by atoms with Gasteiger partial charge in [-0.3, -0.25) is 13.7 Å². The Bertz CT molecular complexity index is 803. The van der Waals surface area contributed by atoms with E-state index in [9.17, 15) is 9.00 Å². The number of carbonyl (C=O) groups excluding carboxylic acids is 1. The van der Waals surface area contributed by atoms with Crippen LogP contribution in [0.15, 0.2) is 35.4 Å². The SMILES string of the molecule is C[S@@](=O)c1ccc(C(=O)N[C@H]2CCCc3c2cnn3C(C)(C)C)cc1. The highest BCUT2D eigenvalue weighted by molar-refractivity contribution is 7.84. The second kappa shape index (κ2) is 6.75. The predicted octanol–water partition coefficient (Wildman–Crippen LogP) is 3.18. The Morgan fingerprint density at radius 3 is 2.56 bits per heavy atom. The van der Waals surface area contributed by atoms with Crippen LogP contribution < -0.4 is 5.32 Å². The number of benzene rings is 1. The smallest absolute Gasteiger partial charge is 0.251 e. The first kappa shape index (κ1) is 17.9. The molecule has 0 radical (unpaired) electrons. The van der Waals surface area contributed by atoms with E-state index in [1.807, 2.05) is 6.20 Å². The fraction of sp³-hybridized carbons (Fsp3) is 0.474. The molecule has 1 aliphatic carbocycles. The van der Waals surface area contributed by atoms with Crippen LogP contribution in [0.5, 0.6) is 0 Å². The molecule has 1 aromatic carbocycles. The summed E-state index contributed by atoms with van der Waals surface area (Å²) in [5.41, 5.74) is 2.87. The van der Waals surface area contributed by atoms with Gasteiger partial charge in [0, 0.05) is 38.8 Å². The highest BCUT2D eigenvalue weighted by Gasteiger charge is 2.29. The molecule has 2 atom stereocenters. The molecule has 5 nitrogen and oxygen atoms in total. The van der Waals surface area contributed by atoms with Crippen molar-refractivity contribution in [1.29, 1.82) is 0 Å². The van der Waals surface area contributed by atoms with Crippen LogP contribution in [0.25, 0.3) is 0 Å². The monoisotopic (exact) mass is 359 g/mol. The molecule has 6 heteroatoms. The Balaban J connectivity index is 1.79. The largest absolute Gasteiger partial charge is 0.345 e. The van der Waals surface area contributed by atoms with E-state index in [1.165, 1.54) is 5.69 Å². The zero-order valence-electron chi connectivity index (χ0n) is 15.2. The minimum Gasteiger partial charge on any atom is -0.345 e. The van der Waals surface area contributed by atoms with Crippen molar-refractivity contribution in [2.24, 2.45) is 0 Å². The van der Waals surface area contributed by atoms with E-state index in [0.29, 0.717) is 5.56 Å². The number of fused-ring (bicyclic) bond motifs is 1. The Hall–Kier alpha value is -1.95. The number of hydrogen-bond donors (Lipinski definition) is 1. The first-order chi connectivity index (χ1) is 11.8. The third kappa shape index (κ3) is 3.68. The van der Waals surface area contributed by atoms with E-state index < -0.39 is 10.8 Å². The second-order valence-electron chi connectivity index (χ2n) is 7.53. The lowest BCUT2D eigenvalue weighted by Crippen LogP contribution is -2.32. The normalized spacial score (nSPS) is 18.5. The van der Waals surface area contributed by atoms with Crippen LogP contribution in [0.4, 0.5) is 0 Å². The van der Waals surface area contributed by atoms with Crippen LogP contribution in [0, 0.1) is 0 Å². The minimum atomic E-state index is -1.04. The van der Waals surface area contributed by atoms with Crippen molar-refractivity contribution in [2.75, 3.05) is 6.26 Å².